The summed E-state index contributed by atoms with van der Waals surface area (Å²) in [7, 11) is 0. The van der Waals surface area contributed by atoms with E-state index in [4.69, 9.17) is 21.7 Å². The highest BCUT2D eigenvalue weighted by Gasteiger charge is 2.26. The highest BCUT2D eigenvalue weighted by Crippen LogP contribution is 2.31. The number of likely N-dealkylation sites (tertiary alicyclic amines) is 1. The van der Waals surface area contributed by atoms with Crippen molar-refractivity contribution in [2.24, 2.45) is 0 Å². The third-order valence-electron chi connectivity index (χ3n) is 5.87. The first-order valence-corrected chi connectivity index (χ1v) is 12.7. The van der Waals surface area contributed by atoms with Gasteiger partial charge in [-0.1, -0.05) is 12.1 Å². The van der Waals surface area contributed by atoms with Crippen molar-refractivity contribution >= 4 is 52.0 Å². The van der Waals surface area contributed by atoms with E-state index >= 15 is 0 Å². The van der Waals surface area contributed by atoms with E-state index in [9.17, 15) is 9.59 Å². The van der Waals surface area contributed by atoms with E-state index in [0.717, 1.165) is 42.3 Å². The summed E-state index contributed by atoms with van der Waals surface area (Å²) < 4.78 is 10.3. The van der Waals surface area contributed by atoms with Gasteiger partial charge in [0.1, 0.15) is 5.69 Å². The summed E-state index contributed by atoms with van der Waals surface area (Å²) in [6.07, 6.45) is 1.17. The molecule has 2 fully saturated rings. The van der Waals surface area contributed by atoms with E-state index in [1.807, 2.05) is 34.5 Å². The number of nitrogens with one attached hydrogen (secondary N) is 2. The van der Waals surface area contributed by atoms with Crippen molar-refractivity contribution in [3.8, 4) is 0 Å². The smallest absolute Gasteiger partial charge is 0.413 e. The van der Waals surface area contributed by atoms with Gasteiger partial charge in [-0.15, -0.1) is 11.3 Å². The average Bonchev–Trinajstić information content (AvgIpc) is 3.36. The second kappa shape index (κ2) is 11.6. The number of thiocarbonyl (C=S) groups is 1. The van der Waals surface area contributed by atoms with Crippen LogP contribution >= 0.6 is 23.6 Å². The molecule has 3 heterocycles. The number of ether oxygens (including phenoxy) is 2. The zero-order chi connectivity index (χ0) is 23.9. The fourth-order valence-corrected chi connectivity index (χ4v) is 5.33. The number of para-hydroxylation sites is 2. The van der Waals surface area contributed by atoms with Gasteiger partial charge in [0, 0.05) is 37.5 Å². The van der Waals surface area contributed by atoms with Crippen molar-refractivity contribution in [2.45, 2.75) is 25.7 Å². The number of thiazole rings is 1. The molecule has 1 aromatic carbocycles. The monoisotopic (exact) mass is 503 g/mol. The van der Waals surface area contributed by atoms with Crippen LogP contribution in [0.5, 0.6) is 0 Å². The van der Waals surface area contributed by atoms with Crippen molar-refractivity contribution < 1.29 is 19.1 Å². The number of anilines is 2. The number of nitrogens with zero attached hydrogens (tertiary/aromatic N) is 3. The van der Waals surface area contributed by atoms with E-state index in [2.05, 4.69) is 20.5 Å². The summed E-state index contributed by atoms with van der Waals surface area (Å²) in [6, 6.07) is 7.82. The van der Waals surface area contributed by atoms with Gasteiger partial charge in [-0.25, -0.2) is 9.78 Å². The van der Waals surface area contributed by atoms with Gasteiger partial charge in [0.05, 0.1) is 36.2 Å². The van der Waals surface area contributed by atoms with Crippen LogP contribution < -0.4 is 15.5 Å². The lowest BCUT2D eigenvalue weighted by Gasteiger charge is -2.32. The number of benzene rings is 1. The van der Waals surface area contributed by atoms with Crippen molar-refractivity contribution in [1.82, 2.24) is 15.2 Å². The van der Waals surface area contributed by atoms with Crippen molar-refractivity contribution in [2.75, 3.05) is 56.2 Å². The highest BCUT2D eigenvalue weighted by atomic mass is 32.1. The summed E-state index contributed by atoms with van der Waals surface area (Å²) in [5, 5.41) is 8.79. The number of alkyl carbamates (subject to hydrolysis) is 1. The van der Waals surface area contributed by atoms with Crippen molar-refractivity contribution in [3.63, 3.8) is 0 Å². The number of morpholine rings is 1. The Hall–Kier alpha value is -2.76. The molecule has 182 valence electrons. The van der Waals surface area contributed by atoms with Gasteiger partial charge in [-0.2, -0.15) is 0 Å². The SMILES string of the molecule is CCOC(=O)NC(=S)N1CCC(c2nc(C(=O)Nc3ccccc3N3CCOCC3)cs2)CC1. The molecule has 2 aliphatic rings. The molecule has 2 saturated heterocycles. The maximum absolute atomic E-state index is 13.0. The normalized spacial score (nSPS) is 16.7. The van der Waals surface area contributed by atoms with Gasteiger partial charge in [0.2, 0.25) is 0 Å². The molecule has 11 heteroatoms. The predicted octanol–water partition coefficient (Wildman–Crippen LogP) is 3.44. The third-order valence-corrected chi connectivity index (χ3v) is 7.24. The molecule has 2 N–H and O–H groups in total. The minimum Gasteiger partial charge on any atom is -0.450 e. The Kier molecular flexibility index (Phi) is 8.30. The number of hydrogen-bond acceptors (Lipinski definition) is 8. The lowest BCUT2D eigenvalue weighted by molar-refractivity contribution is 0.102. The van der Waals surface area contributed by atoms with E-state index in [0.29, 0.717) is 43.7 Å². The molecule has 34 heavy (non-hydrogen) atoms. The maximum Gasteiger partial charge on any atom is 0.413 e. The zero-order valence-electron chi connectivity index (χ0n) is 19.1. The van der Waals surface area contributed by atoms with Crippen LogP contribution in [0.25, 0.3) is 0 Å². The molecule has 4 rings (SSSR count). The van der Waals surface area contributed by atoms with E-state index in [1.165, 1.54) is 11.3 Å². The molecular formula is C23H29N5O4S2. The third kappa shape index (κ3) is 6.02. The molecule has 2 aromatic rings. The van der Waals surface area contributed by atoms with Crippen LogP contribution in [-0.4, -0.2) is 73.0 Å². The first-order valence-electron chi connectivity index (χ1n) is 11.5. The number of hydrogen-bond donors (Lipinski definition) is 2. The number of carbonyl (C=O) groups excluding carboxylic acids is 2. The number of amides is 2. The summed E-state index contributed by atoms with van der Waals surface area (Å²) in [4.78, 5) is 33.4. The van der Waals surface area contributed by atoms with Gasteiger partial charge in [0.25, 0.3) is 5.91 Å². The molecule has 0 aliphatic carbocycles. The topological polar surface area (TPSA) is 96.0 Å². The van der Waals surface area contributed by atoms with Crippen molar-refractivity contribution in [3.05, 3.63) is 40.3 Å². The van der Waals surface area contributed by atoms with Crippen LogP contribution in [0.4, 0.5) is 16.2 Å². The Morgan fingerprint density at radius 3 is 2.68 bits per heavy atom. The van der Waals surface area contributed by atoms with Gasteiger partial charge in [-0.05, 0) is 44.1 Å². The number of rotatable bonds is 5. The molecule has 0 atom stereocenters. The summed E-state index contributed by atoms with van der Waals surface area (Å²) in [6.45, 7) is 6.43. The molecule has 2 amide bonds. The van der Waals surface area contributed by atoms with E-state index < -0.39 is 6.09 Å². The quantitative estimate of drug-likeness (QED) is 0.599. The van der Waals surface area contributed by atoms with Crippen LogP contribution in [0, 0.1) is 0 Å². The molecule has 0 unspecified atom stereocenters. The molecule has 9 nitrogen and oxygen atoms in total. The molecule has 1 aromatic heterocycles. The first-order chi connectivity index (χ1) is 16.5. The van der Waals surface area contributed by atoms with Crippen LogP contribution in [0.3, 0.4) is 0 Å². The second-order valence-corrected chi connectivity index (χ2v) is 9.33. The molecule has 0 bridgehead atoms. The van der Waals surface area contributed by atoms with Gasteiger partial charge in [0.15, 0.2) is 5.11 Å². The molecule has 0 saturated carbocycles. The molecule has 2 aliphatic heterocycles. The fourth-order valence-electron chi connectivity index (χ4n) is 4.09. The van der Waals surface area contributed by atoms with Crippen LogP contribution in [0.2, 0.25) is 0 Å². The van der Waals surface area contributed by atoms with Gasteiger partial charge in [-0.3, -0.25) is 10.1 Å². The Labute approximate surface area is 208 Å². The lowest BCUT2D eigenvalue weighted by atomic mass is 9.98. The van der Waals surface area contributed by atoms with Gasteiger partial charge >= 0.3 is 6.09 Å². The highest BCUT2D eigenvalue weighted by molar-refractivity contribution is 7.80. The Balaban J connectivity index is 1.33. The standard InChI is InChI=1S/C23H29N5O4S2/c1-2-32-23(30)26-22(33)28-9-7-16(8-10-28)21-25-18(15-34-21)20(29)24-17-5-3-4-6-19(17)27-11-13-31-14-12-27/h3-6,15-16H,2,7-14H2,1H3,(H,24,29)(H,26,30,33). The summed E-state index contributed by atoms with van der Waals surface area (Å²) in [5.74, 6) is 0.0503. The largest absolute Gasteiger partial charge is 0.450 e. The fraction of sp³-hybridized carbons (Fsp3) is 0.478. The summed E-state index contributed by atoms with van der Waals surface area (Å²) >= 11 is 6.83. The first kappa shape index (κ1) is 24.4. The lowest BCUT2D eigenvalue weighted by Crippen LogP contribution is -2.46. The number of aromatic nitrogens is 1. The van der Waals surface area contributed by atoms with Crippen molar-refractivity contribution in [1.29, 1.82) is 0 Å². The second-order valence-electron chi connectivity index (χ2n) is 8.05. The van der Waals surface area contributed by atoms with E-state index in [1.54, 1.807) is 6.92 Å². The summed E-state index contributed by atoms with van der Waals surface area (Å²) in [5.41, 5.74) is 2.20. The van der Waals surface area contributed by atoms with Crippen LogP contribution in [-0.2, 0) is 9.47 Å². The van der Waals surface area contributed by atoms with Crippen LogP contribution in [0.15, 0.2) is 29.6 Å². The molecule has 0 radical (unpaired) electrons. The average molecular weight is 504 g/mol. The Morgan fingerprint density at radius 1 is 1.21 bits per heavy atom. The molecular weight excluding hydrogens is 474 g/mol. The van der Waals surface area contributed by atoms with Gasteiger partial charge < -0.3 is 24.6 Å². The Morgan fingerprint density at radius 2 is 1.94 bits per heavy atom. The molecule has 0 spiro atoms. The zero-order valence-corrected chi connectivity index (χ0v) is 20.8. The number of piperidine rings is 1. The maximum atomic E-state index is 13.0. The minimum atomic E-state index is -0.527. The number of carbonyl (C=O) groups is 2. The minimum absolute atomic E-state index is 0.208. The van der Waals surface area contributed by atoms with E-state index in [-0.39, 0.29) is 11.8 Å². The predicted molar refractivity (Wildman–Crippen MR) is 136 cm³/mol. The Bertz CT molecular complexity index is 1020. The van der Waals surface area contributed by atoms with Crippen LogP contribution in [0.1, 0.15) is 41.2 Å².